The minimum atomic E-state index is -1.13. The Hall–Kier alpha value is -4.04. The van der Waals surface area contributed by atoms with E-state index >= 15 is 0 Å². The molecule has 0 amide bonds. The number of carboxylic acid groups (broad SMARTS) is 1. The van der Waals surface area contributed by atoms with Crippen LogP contribution in [0.25, 0.3) is 28.4 Å². The summed E-state index contributed by atoms with van der Waals surface area (Å²) in [5.41, 5.74) is 5.61. The Morgan fingerprint density at radius 2 is 1.97 bits per heavy atom. The summed E-state index contributed by atoms with van der Waals surface area (Å²) in [5, 5.41) is 23.4. The van der Waals surface area contributed by atoms with Gasteiger partial charge < -0.3 is 19.6 Å². The Bertz CT molecular complexity index is 1500. The smallest absolute Gasteiger partial charge is 0.354 e. The number of carboxylic acids is 1. The molecule has 3 aromatic heterocycles. The van der Waals surface area contributed by atoms with Gasteiger partial charge in [-0.15, -0.1) is 0 Å². The number of aliphatic hydroxyl groups excluding tert-OH is 1. The van der Waals surface area contributed by atoms with Crippen molar-refractivity contribution in [3.63, 3.8) is 0 Å². The molecule has 6 rings (SSSR count). The van der Waals surface area contributed by atoms with E-state index in [1.165, 1.54) is 11.6 Å². The molecule has 1 aliphatic carbocycles. The van der Waals surface area contributed by atoms with E-state index in [1.54, 1.807) is 6.07 Å². The molecule has 2 fully saturated rings. The lowest BCUT2D eigenvalue weighted by molar-refractivity contribution is 0.0690. The molecule has 0 bridgehead atoms. The van der Waals surface area contributed by atoms with Gasteiger partial charge in [0, 0.05) is 41.6 Å². The van der Waals surface area contributed by atoms with Crippen LogP contribution in [0.4, 0.5) is 5.82 Å². The molecular weight excluding hydrogens is 456 g/mol. The first-order chi connectivity index (χ1) is 17.5. The Morgan fingerprint density at radius 3 is 2.69 bits per heavy atom. The van der Waals surface area contributed by atoms with Crippen molar-refractivity contribution < 1.29 is 19.5 Å². The standard InChI is InChI=1S/C28H26N4O4/c1-16-4-2-3-5-20(16)26-21(27(36-31-26)18-7-8-18)9-6-17-13-32(14-17)24-11-10-22-25(30-24)19(15-33)12-23(29-22)28(34)35/h2-6,9-12,17-18,33H,7-8,13-15H2,1H3,(H,34,35)/b9-6+. The zero-order valence-corrected chi connectivity index (χ0v) is 19.9. The number of aryl methyl sites for hydroxylation is 1. The maximum atomic E-state index is 11.3. The van der Waals surface area contributed by atoms with E-state index in [1.807, 2.05) is 18.2 Å². The molecule has 36 heavy (non-hydrogen) atoms. The van der Waals surface area contributed by atoms with Crippen molar-refractivity contribution in [2.45, 2.75) is 32.3 Å². The number of aliphatic hydroxyl groups is 1. The molecular formula is C28H26N4O4. The van der Waals surface area contributed by atoms with E-state index < -0.39 is 5.97 Å². The van der Waals surface area contributed by atoms with Crippen LogP contribution in [0.5, 0.6) is 0 Å². The van der Waals surface area contributed by atoms with Crippen molar-refractivity contribution in [2.75, 3.05) is 18.0 Å². The van der Waals surface area contributed by atoms with Crippen LogP contribution >= 0.6 is 0 Å². The van der Waals surface area contributed by atoms with Gasteiger partial charge in [0.15, 0.2) is 0 Å². The lowest BCUT2D eigenvalue weighted by Gasteiger charge is -2.38. The molecule has 4 aromatic rings. The van der Waals surface area contributed by atoms with Gasteiger partial charge in [0.25, 0.3) is 0 Å². The van der Waals surface area contributed by atoms with Gasteiger partial charge >= 0.3 is 5.97 Å². The Kier molecular flexibility index (Phi) is 5.53. The van der Waals surface area contributed by atoms with Crippen molar-refractivity contribution in [1.82, 2.24) is 15.1 Å². The molecule has 1 saturated carbocycles. The predicted octanol–water partition coefficient (Wildman–Crippen LogP) is 4.81. The summed E-state index contributed by atoms with van der Waals surface area (Å²) in [5.74, 6) is 1.47. The molecule has 1 saturated heterocycles. The third-order valence-corrected chi connectivity index (χ3v) is 6.98. The molecule has 4 heterocycles. The van der Waals surface area contributed by atoms with Crippen LogP contribution in [0, 0.1) is 12.8 Å². The summed E-state index contributed by atoms with van der Waals surface area (Å²) in [4.78, 5) is 22.3. The molecule has 2 aliphatic rings. The predicted molar refractivity (Wildman–Crippen MR) is 136 cm³/mol. The van der Waals surface area contributed by atoms with Crippen LogP contribution in [0.2, 0.25) is 0 Å². The second-order valence-corrected chi connectivity index (χ2v) is 9.59. The van der Waals surface area contributed by atoms with Crippen LogP contribution < -0.4 is 4.90 Å². The van der Waals surface area contributed by atoms with Gasteiger partial charge in [-0.2, -0.15) is 0 Å². The van der Waals surface area contributed by atoms with Gasteiger partial charge in [0.2, 0.25) is 0 Å². The molecule has 2 N–H and O–H groups in total. The lowest BCUT2D eigenvalue weighted by Crippen LogP contribution is -2.46. The maximum Gasteiger partial charge on any atom is 0.354 e. The quantitative estimate of drug-likeness (QED) is 0.386. The zero-order chi connectivity index (χ0) is 24.8. The molecule has 0 atom stereocenters. The van der Waals surface area contributed by atoms with Gasteiger partial charge in [0.05, 0.1) is 17.6 Å². The van der Waals surface area contributed by atoms with Crippen molar-refractivity contribution in [3.05, 3.63) is 76.7 Å². The first-order valence-electron chi connectivity index (χ1n) is 12.2. The largest absolute Gasteiger partial charge is 0.477 e. The van der Waals surface area contributed by atoms with Crippen molar-refractivity contribution in [2.24, 2.45) is 5.92 Å². The third-order valence-electron chi connectivity index (χ3n) is 6.98. The average molecular weight is 483 g/mol. The number of hydrogen-bond acceptors (Lipinski definition) is 7. The summed E-state index contributed by atoms with van der Waals surface area (Å²) in [6.45, 7) is 3.42. The van der Waals surface area contributed by atoms with E-state index in [-0.39, 0.29) is 12.3 Å². The average Bonchev–Trinajstić information content (AvgIpc) is 3.62. The summed E-state index contributed by atoms with van der Waals surface area (Å²) >= 11 is 0. The highest BCUT2D eigenvalue weighted by atomic mass is 16.5. The molecule has 0 radical (unpaired) electrons. The first kappa shape index (κ1) is 22.4. The van der Waals surface area contributed by atoms with Gasteiger partial charge in [-0.25, -0.2) is 14.8 Å². The van der Waals surface area contributed by atoms with Gasteiger partial charge in [-0.05, 0) is 43.5 Å². The SMILES string of the molecule is Cc1ccccc1-c1noc(C2CC2)c1/C=C/C1CN(c2ccc3nc(C(=O)O)cc(CO)c3n2)C1. The van der Waals surface area contributed by atoms with Crippen LogP contribution in [0.1, 0.15) is 51.7 Å². The molecule has 0 spiro atoms. The molecule has 182 valence electrons. The van der Waals surface area contributed by atoms with Gasteiger partial charge in [-0.3, -0.25) is 0 Å². The number of aromatic carboxylic acids is 1. The number of nitrogens with zero attached hydrogens (tertiary/aromatic N) is 4. The van der Waals surface area contributed by atoms with Gasteiger partial charge in [-0.1, -0.05) is 41.6 Å². The van der Waals surface area contributed by atoms with E-state index in [0.29, 0.717) is 28.4 Å². The fourth-order valence-corrected chi connectivity index (χ4v) is 4.77. The van der Waals surface area contributed by atoms with Crippen LogP contribution in [0.3, 0.4) is 0 Å². The second kappa shape index (κ2) is 8.87. The number of benzene rings is 1. The first-order valence-corrected chi connectivity index (χ1v) is 12.2. The maximum absolute atomic E-state index is 11.3. The molecule has 0 unspecified atom stereocenters. The second-order valence-electron chi connectivity index (χ2n) is 9.59. The van der Waals surface area contributed by atoms with Crippen LogP contribution in [-0.2, 0) is 6.61 Å². The van der Waals surface area contributed by atoms with Crippen LogP contribution in [0.15, 0.2) is 53.1 Å². The number of aromatic nitrogens is 3. The minimum Gasteiger partial charge on any atom is -0.477 e. The summed E-state index contributed by atoms with van der Waals surface area (Å²) < 4.78 is 5.80. The Labute approximate surface area is 207 Å². The monoisotopic (exact) mass is 482 g/mol. The van der Waals surface area contributed by atoms with E-state index in [2.05, 4.69) is 51.2 Å². The fraction of sp³-hybridized carbons (Fsp3) is 0.286. The zero-order valence-electron chi connectivity index (χ0n) is 19.9. The van der Waals surface area contributed by atoms with Gasteiger partial charge in [0.1, 0.15) is 23.0 Å². The number of fused-ring (bicyclic) bond motifs is 1. The van der Waals surface area contributed by atoms with E-state index in [9.17, 15) is 15.0 Å². The normalized spacial score (nSPS) is 16.1. The molecule has 1 aromatic carbocycles. The number of anilines is 1. The number of rotatable bonds is 7. The summed E-state index contributed by atoms with van der Waals surface area (Å²) in [6, 6.07) is 13.2. The summed E-state index contributed by atoms with van der Waals surface area (Å²) in [7, 11) is 0. The molecule has 1 aliphatic heterocycles. The lowest BCUT2D eigenvalue weighted by atomic mass is 9.96. The van der Waals surface area contributed by atoms with E-state index in [4.69, 9.17) is 4.52 Å². The Balaban J connectivity index is 1.22. The molecule has 8 heteroatoms. The fourth-order valence-electron chi connectivity index (χ4n) is 4.77. The summed E-state index contributed by atoms with van der Waals surface area (Å²) in [6.07, 6.45) is 6.69. The molecule has 8 nitrogen and oxygen atoms in total. The van der Waals surface area contributed by atoms with Crippen molar-refractivity contribution in [1.29, 1.82) is 0 Å². The topological polar surface area (TPSA) is 113 Å². The number of hydrogen-bond donors (Lipinski definition) is 2. The highest BCUT2D eigenvalue weighted by Crippen LogP contribution is 2.45. The number of pyridine rings is 2. The third kappa shape index (κ3) is 4.03. The highest BCUT2D eigenvalue weighted by Gasteiger charge is 2.32. The highest BCUT2D eigenvalue weighted by molar-refractivity contribution is 5.90. The Morgan fingerprint density at radius 1 is 1.17 bits per heavy atom. The van der Waals surface area contributed by atoms with Crippen molar-refractivity contribution in [3.8, 4) is 11.3 Å². The number of carbonyl (C=O) groups is 1. The van der Waals surface area contributed by atoms with Crippen LogP contribution in [-0.4, -0.2) is 44.4 Å². The van der Waals surface area contributed by atoms with E-state index in [0.717, 1.165) is 54.3 Å². The minimum absolute atomic E-state index is 0.0976. The van der Waals surface area contributed by atoms with Crippen molar-refractivity contribution >= 4 is 28.9 Å².